The van der Waals surface area contributed by atoms with Crippen molar-refractivity contribution in [2.45, 2.75) is 13.3 Å². The monoisotopic (exact) mass is 357 g/mol. The molecule has 4 rings (SSSR count). The standard InChI is InChI=1S/C18H23N5O3/c1-13(8-14-2-3-15-16(9-14)26-12-25-15)10-22-4-6-23(7-5-22)18(24)17-19-11-20-21-17/h2-3,9,11,13H,4-8,10,12H2,1H3,(H,19,20,21)/t13-/m0/s1. The molecule has 0 bridgehead atoms. The zero-order chi connectivity index (χ0) is 17.9. The number of nitrogens with zero attached hydrogens (tertiary/aromatic N) is 4. The Kier molecular flexibility index (Phi) is 4.75. The van der Waals surface area contributed by atoms with Gasteiger partial charge in [0.05, 0.1) is 0 Å². The van der Waals surface area contributed by atoms with E-state index in [4.69, 9.17) is 9.47 Å². The zero-order valence-corrected chi connectivity index (χ0v) is 14.9. The number of aromatic nitrogens is 3. The molecule has 1 atom stereocenters. The molecule has 2 aromatic rings. The van der Waals surface area contributed by atoms with Gasteiger partial charge in [-0.2, -0.15) is 5.10 Å². The summed E-state index contributed by atoms with van der Waals surface area (Å²) < 4.78 is 10.8. The number of amides is 1. The third-order valence-electron chi connectivity index (χ3n) is 4.87. The molecule has 0 saturated carbocycles. The van der Waals surface area contributed by atoms with Crippen molar-refractivity contribution in [1.82, 2.24) is 25.0 Å². The fourth-order valence-electron chi connectivity index (χ4n) is 3.57. The van der Waals surface area contributed by atoms with Gasteiger partial charge in [0, 0.05) is 32.7 Å². The van der Waals surface area contributed by atoms with Gasteiger partial charge in [-0.25, -0.2) is 4.98 Å². The lowest BCUT2D eigenvalue weighted by Crippen LogP contribution is -2.49. The minimum Gasteiger partial charge on any atom is -0.454 e. The summed E-state index contributed by atoms with van der Waals surface area (Å²) in [4.78, 5) is 20.5. The molecule has 8 nitrogen and oxygen atoms in total. The largest absolute Gasteiger partial charge is 0.454 e. The maximum Gasteiger partial charge on any atom is 0.291 e. The number of nitrogens with one attached hydrogen (secondary N) is 1. The topological polar surface area (TPSA) is 83.6 Å². The molecule has 1 N–H and O–H groups in total. The van der Waals surface area contributed by atoms with Crippen LogP contribution in [-0.2, 0) is 6.42 Å². The molecule has 1 aromatic carbocycles. The summed E-state index contributed by atoms with van der Waals surface area (Å²) in [7, 11) is 0. The Balaban J connectivity index is 1.25. The Labute approximate surface area is 152 Å². The van der Waals surface area contributed by atoms with E-state index in [1.54, 1.807) is 0 Å². The smallest absolute Gasteiger partial charge is 0.291 e. The summed E-state index contributed by atoms with van der Waals surface area (Å²) >= 11 is 0. The van der Waals surface area contributed by atoms with Crippen LogP contribution in [-0.4, -0.2) is 70.4 Å². The Morgan fingerprint density at radius 1 is 1.23 bits per heavy atom. The quantitative estimate of drug-likeness (QED) is 0.865. The van der Waals surface area contributed by atoms with E-state index < -0.39 is 0 Å². The number of ether oxygens (including phenoxy) is 2. The van der Waals surface area contributed by atoms with Crippen LogP contribution in [0.5, 0.6) is 11.5 Å². The van der Waals surface area contributed by atoms with E-state index in [9.17, 15) is 4.79 Å². The van der Waals surface area contributed by atoms with Gasteiger partial charge in [-0.05, 0) is 30.0 Å². The van der Waals surface area contributed by atoms with Crippen LogP contribution in [0.15, 0.2) is 24.5 Å². The lowest BCUT2D eigenvalue weighted by atomic mass is 10.00. The van der Waals surface area contributed by atoms with Gasteiger partial charge in [-0.15, -0.1) is 0 Å². The number of carbonyl (C=O) groups is 1. The molecule has 1 fully saturated rings. The van der Waals surface area contributed by atoms with Gasteiger partial charge in [0.25, 0.3) is 5.91 Å². The molecule has 1 aromatic heterocycles. The van der Waals surface area contributed by atoms with Crippen LogP contribution >= 0.6 is 0 Å². The fourth-order valence-corrected chi connectivity index (χ4v) is 3.57. The maximum absolute atomic E-state index is 12.3. The number of H-pyrrole nitrogens is 1. The zero-order valence-electron chi connectivity index (χ0n) is 14.9. The maximum atomic E-state index is 12.3. The highest BCUT2D eigenvalue weighted by molar-refractivity contribution is 5.90. The number of piperazine rings is 1. The number of carbonyl (C=O) groups excluding carboxylic acids is 1. The Morgan fingerprint density at radius 2 is 2.04 bits per heavy atom. The molecule has 2 aliphatic rings. The average molecular weight is 357 g/mol. The Morgan fingerprint density at radius 3 is 2.81 bits per heavy atom. The number of hydrogen-bond acceptors (Lipinski definition) is 6. The summed E-state index contributed by atoms with van der Waals surface area (Å²) in [5.74, 6) is 2.43. The van der Waals surface area contributed by atoms with Gasteiger partial charge in [-0.1, -0.05) is 13.0 Å². The van der Waals surface area contributed by atoms with Crippen LogP contribution in [0, 0.1) is 5.92 Å². The van der Waals surface area contributed by atoms with Crippen LogP contribution in [0.4, 0.5) is 0 Å². The van der Waals surface area contributed by atoms with Crippen molar-refractivity contribution in [2.24, 2.45) is 5.92 Å². The summed E-state index contributed by atoms with van der Waals surface area (Å²) in [6.45, 7) is 6.78. The third kappa shape index (κ3) is 3.65. The summed E-state index contributed by atoms with van der Waals surface area (Å²) in [5, 5.41) is 6.38. The van der Waals surface area contributed by atoms with E-state index in [2.05, 4.69) is 39.1 Å². The van der Waals surface area contributed by atoms with Gasteiger partial charge in [0.1, 0.15) is 6.33 Å². The molecule has 1 saturated heterocycles. The minimum absolute atomic E-state index is 0.0736. The fraction of sp³-hybridized carbons (Fsp3) is 0.500. The average Bonchev–Trinajstić information content (AvgIpc) is 3.33. The number of hydrogen-bond donors (Lipinski definition) is 1. The second kappa shape index (κ2) is 7.33. The van der Waals surface area contributed by atoms with Crippen LogP contribution in [0.25, 0.3) is 0 Å². The lowest BCUT2D eigenvalue weighted by molar-refractivity contribution is 0.0609. The summed E-state index contributed by atoms with van der Waals surface area (Å²) in [5.41, 5.74) is 1.26. The van der Waals surface area contributed by atoms with Crippen molar-refractivity contribution in [2.75, 3.05) is 39.5 Å². The molecule has 3 heterocycles. The van der Waals surface area contributed by atoms with Gasteiger partial charge in [0.15, 0.2) is 11.5 Å². The number of fused-ring (bicyclic) bond motifs is 1. The predicted molar refractivity (Wildman–Crippen MR) is 94.2 cm³/mol. The second-order valence-electron chi connectivity index (χ2n) is 6.92. The van der Waals surface area contributed by atoms with Crippen molar-refractivity contribution >= 4 is 5.91 Å². The van der Waals surface area contributed by atoms with Crippen molar-refractivity contribution in [3.63, 3.8) is 0 Å². The predicted octanol–water partition coefficient (Wildman–Crippen LogP) is 1.17. The van der Waals surface area contributed by atoms with Gasteiger partial charge in [0.2, 0.25) is 12.6 Å². The van der Waals surface area contributed by atoms with E-state index >= 15 is 0 Å². The third-order valence-corrected chi connectivity index (χ3v) is 4.87. The molecule has 0 spiro atoms. The van der Waals surface area contributed by atoms with Crippen LogP contribution in [0.1, 0.15) is 23.1 Å². The molecule has 8 heteroatoms. The molecule has 2 aliphatic heterocycles. The van der Waals surface area contributed by atoms with E-state index in [0.717, 1.165) is 50.6 Å². The molecule has 26 heavy (non-hydrogen) atoms. The first-order valence-corrected chi connectivity index (χ1v) is 8.94. The summed E-state index contributed by atoms with van der Waals surface area (Å²) in [6, 6.07) is 6.17. The normalized spacial score (nSPS) is 18.1. The first-order chi connectivity index (χ1) is 12.7. The first kappa shape index (κ1) is 16.8. The van der Waals surface area contributed by atoms with E-state index in [-0.39, 0.29) is 5.91 Å². The van der Waals surface area contributed by atoms with E-state index in [1.165, 1.54) is 11.9 Å². The van der Waals surface area contributed by atoms with Crippen molar-refractivity contribution in [1.29, 1.82) is 0 Å². The van der Waals surface area contributed by atoms with Crippen molar-refractivity contribution in [3.05, 3.63) is 35.9 Å². The van der Waals surface area contributed by atoms with Gasteiger partial charge >= 0.3 is 0 Å². The molecule has 0 radical (unpaired) electrons. The van der Waals surface area contributed by atoms with Gasteiger partial charge < -0.3 is 14.4 Å². The number of benzene rings is 1. The molecular formula is C18H23N5O3. The van der Waals surface area contributed by atoms with Gasteiger partial charge in [-0.3, -0.25) is 14.8 Å². The first-order valence-electron chi connectivity index (χ1n) is 8.94. The van der Waals surface area contributed by atoms with Crippen molar-refractivity contribution < 1.29 is 14.3 Å². The molecule has 1 amide bonds. The highest BCUT2D eigenvalue weighted by atomic mass is 16.7. The SMILES string of the molecule is C[C@@H](Cc1ccc2c(c1)OCO2)CN1CCN(C(=O)c2ncn[nH]2)CC1. The summed E-state index contributed by atoms with van der Waals surface area (Å²) in [6.07, 6.45) is 2.36. The highest BCUT2D eigenvalue weighted by Crippen LogP contribution is 2.33. The Hall–Kier alpha value is -2.61. The van der Waals surface area contributed by atoms with E-state index in [0.29, 0.717) is 18.5 Å². The number of aromatic amines is 1. The molecule has 138 valence electrons. The minimum atomic E-state index is -0.0736. The van der Waals surface area contributed by atoms with Crippen LogP contribution in [0.3, 0.4) is 0 Å². The lowest BCUT2D eigenvalue weighted by Gasteiger charge is -2.35. The molecule has 0 aliphatic carbocycles. The molecular weight excluding hydrogens is 334 g/mol. The van der Waals surface area contributed by atoms with Crippen molar-refractivity contribution in [3.8, 4) is 11.5 Å². The van der Waals surface area contributed by atoms with Crippen LogP contribution in [0.2, 0.25) is 0 Å². The van der Waals surface area contributed by atoms with Crippen LogP contribution < -0.4 is 9.47 Å². The van der Waals surface area contributed by atoms with E-state index in [1.807, 2.05) is 11.0 Å². The molecule has 0 unspecified atom stereocenters. The Bertz CT molecular complexity index is 756. The highest BCUT2D eigenvalue weighted by Gasteiger charge is 2.24. The number of rotatable bonds is 5. The second-order valence-corrected chi connectivity index (χ2v) is 6.92.